The van der Waals surface area contributed by atoms with E-state index in [9.17, 15) is 9.59 Å². The highest BCUT2D eigenvalue weighted by Gasteiger charge is 2.33. The Balaban J connectivity index is 1.72. The highest BCUT2D eigenvalue weighted by atomic mass is 16.4. The maximum atomic E-state index is 12.6. The average Bonchev–Trinajstić information content (AvgIpc) is 3.04. The number of hydrogen-bond donors (Lipinski definition) is 2. The molecule has 1 aliphatic heterocycles. The van der Waals surface area contributed by atoms with E-state index >= 15 is 0 Å². The summed E-state index contributed by atoms with van der Waals surface area (Å²) in [5.41, 5.74) is 2.10. The number of carboxylic acids is 1. The van der Waals surface area contributed by atoms with Gasteiger partial charge in [-0.05, 0) is 18.4 Å². The summed E-state index contributed by atoms with van der Waals surface area (Å²) in [6.45, 7) is 2.79. The van der Waals surface area contributed by atoms with E-state index in [4.69, 9.17) is 5.11 Å². The molecule has 1 aliphatic rings. The summed E-state index contributed by atoms with van der Waals surface area (Å²) >= 11 is 0. The van der Waals surface area contributed by atoms with Gasteiger partial charge in [0, 0.05) is 18.7 Å². The monoisotopic (exact) mass is 313 g/mol. The lowest BCUT2D eigenvalue weighted by molar-refractivity contribution is -0.145. The van der Waals surface area contributed by atoms with Gasteiger partial charge < -0.3 is 10.0 Å². The van der Waals surface area contributed by atoms with Gasteiger partial charge in [0.2, 0.25) is 0 Å². The minimum atomic E-state index is -0.780. The molecule has 0 spiro atoms. The summed E-state index contributed by atoms with van der Waals surface area (Å²) in [7, 11) is 0. The number of amides is 1. The Labute approximate surface area is 134 Å². The van der Waals surface area contributed by atoms with Gasteiger partial charge in [-0.2, -0.15) is 5.10 Å². The van der Waals surface area contributed by atoms with Crippen molar-refractivity contribution in [3.63, 3.8) is 0 Å². The van der Waals surface area contributed by atoms with E-state index in [-0.39, 0.29) is 17.7 Å². The van der Waals surface area contributed by atoms with E-state index in [1.807, 2.05) is 37.3 Å². The van der Waals surface area contributed by atoms with Gasteiger partial charge in [-0.1, -0.05) is 37.3 Å². The summed E-state index contributed by atoms with van der Waals surface area (Å²) in [5, 5.41) is 16.2. The first-order valence-electron chi connectivity index (χ1n) is 7.69. The number of nitrogens with one attached hydrogen (secondary N) is 1. The first-order valence-corrected chi connectivity index (χ1v) is 7.69. The fourth-order valence-corrected chi connectivity index (χ4v) is 3.06. The van der Waals surface area contributed by atoms with Crippen molar-refractivity contribution in [1.82, 2.24) is 15.1 Å². The van der Waals surface area contributed by atoms with Gasteiger partial charge in [-0.3, -0.25) is 14.7 Å². The normalized spacial score (nSPS) is 21.2. The van der Waals surface area contributed by atoms with Gasteiger partial charge in [0.05, 0.1) is 11.6 Å². The number of aromatic amines is 1. The number of H-pyrrole nitrogens is 1. The number of carboxylic acid groups (broad SMARTS) is 1. The largest absolute Gasteiger partial charge is 0.481 e. The second-order valence-corrected chi connectivity index (χ2v) is 5.99. The number of carbonyl (C=O) groups is 2. The minimum absolute atomic E-state index is 0.0540. The fraction of sp³-hybridized carbons (Fsp3) is 0.353. The number of aromatic nitrogens is 2. The summed E-state index contributed by atoms with van der Waals surface area (Å²) in [6.07, 6.45) is 0.488. The van der Waals surface area contributed by atoms with E-state index < -0.39 is 5.97 Å². The van der Waals surface area contributed by atoms with Gasteiger partial charge in [-0.15, -0.1) is 0 Å². The molecule has 2 unspecified atom stereocenters. The Hall–Kier alpha value is -2.63. The Kier molecular flexibility index (Phi) is 4.14. The molecule has 1 amide bonds. The molecule has 1 aromatic carbocycles. The van der Waals surface area contributed by atoms with E-state index in [0.29, 0.717) is 25.2 Å². The third-order valence-corrected chi connectivity index (χ3v) is 4.39. The van der Waals surface area contributed by atoms with Crippen molar-refractivity contribution in [2.24, 2.45) is 11.8 Å². The van der Waals surface area contributed by atoms with Gasteiger partial charge in [-0.25, -0.2) is 0 Å². The van der Waals surface area contributed by atoms with Gasteiger partial charge in [0.1, 0.15) is 5.69 Å². The van der Waals surface area contributed by atoms with Gasteiger partial charge in [0.25, 0.3) is 5.91 Å². The van der Waals surface area contributed by atoms with Crippen LogP contribution >= 0.6 is 0 Å². The van der Waals surface area contributed by atoms with Crippen molar-refractivity contribution in [3.8, 4) is 11.3 Å². The predicted octanol–water partition coefficient (Wildman–Crippen LogP) is 2.26. The standard InChI is InChI=1S/C17H19N3O3/c1-11-10-20(8-7-13(11)17(22)23)16(21)15-9-14(18-19-15)12-5-3-2-4-6-12/h2-6,9,11,13H,7-8,10H2,1H3,(H,18,19)(H,22,23). The maximum Gasteiger partial charge on any atom is 0.306 e. The van der Waals surface area contributed by atoms with Crippen LogP contribution in [-0.4, -0.2) is 45.2 Å². The SMILES string of the molecule is CC1CN(C(=O)c2cc(-c3ccccc3)n[nH]2)CCC1C(=O)O. The molecule has 0 aliphatic carbocycles. The quantitative estimate of drug-likeness (QED) is 0.910. The zero-order chi connectivity index (χ0) is 16.4. The molecule has 0 bridgehead atoms. The smallest absolute Gasteiger partial charge is 0.306 e. The number of nitrogens with zero attached hydrogens (tertiary/aromatic N) is 2. The molecule has 6 nitrogen and oxygen atoms in total. The second-order valence-electron chi connectivity index (χ2n) is 5.99. The molecule has 120 valence electrons. The van der Waals surface area contributed by atoms with Crippen LogP contribution in [-0.2, 0) is 4.79 Å². The number of carbonyl (C=O) groups excluding carboxylic acids is 1. The Bertz CT molecular complexity index is 711. The molecular weight excluding hydrogens is 294 g/mol. The molecule has 1 saturated heterocycles. The Morgan fingerprint density at radius 1 is 1.30 bits per heavy atom. The van der Waals surface area contributed by atoms with Crippen LogP contribution in [0.2, 0.25) is 0 Å². The number of piperidine rings is 1. The Morgan fingerprint density at radius 3 is 2.70 bits per heavy atom. The molecule has 2 heterocycles. The summed E-state index contributed by atoms with van der Waals surface area (Å²) < 4.78 is 0. The minimum Gasteiger partial charge on any atom is -0.481 e. The van der Waals surface area contributed by atoms with Gasteiger partial charge >= 0.3 is 5.97 Å². The van der Waals surface area contributed by atoms with Crippen molar-refractivity contribution >= 4 is 11.9 Å². The van der Waals surface area contributed by atoms with Crippen molar-refractivity contribution < 1.29 is 14.7 Å². The molecule has 23 heavy (non-hydrogen) atoms. The first-order chi connectivity index (χ1) is 11.1. The summed E-state index contributed by atoms with van der Waals surface area (Å²) in [4.78, 5) is 25.4. The number of rotatable bonds is 3. The molecule has 1 fully saturated rings. The lowest BCUT2D eigenvalue weighted by Gasteiger charge is -2.34. The van der Waals surface area contributed by atoms with E-state index in [0.717, 1.165) is 11.3 Å². The molecule has 2 N–H and O–H groups in total. The third-order valence-electron chi connectivity index (χ3n) is 4.39. The highest BCUT2D eigenvalue weighted by molar-refractivity contribution is 5.93. The van der Waals surface area contributed by atoms with Crippen molar-refractivity contribution in [2.45, 2.75) is 13.3 Å². The third kappa shape index (κ3) is 3.11. The van der Waals surface area contributed by atoms with Crippen LogP contribution in [0, 0.1) is 11.8 Å². The summed E-state index contributed by atoms with van der Waals surface area (Å²) in [6, 6.07) is 11.4. The maximum absolute atomic E-state index is 12.6. The molecule has 6 heteroatoms. The average molecular weight is 313 g/mol. The summed E-state index contributed by atoms with van der Waals surface area (Å²) in [5.74, 6) is -1.34. The molecule has 0 radical (unpaired) electrons. The van der Waals surface area contributed by atoms with Crippen LogP contribution < -0.4 is 0 Å². The molecule has 0 saturated carbocycles. The van der Waals surface area contributed by atoms with Crippen LogP contribution in [0.1, 0.15) is 23.8 Å². The predicted molar refractivity (Wildman–Crippen MR) is 84.8 cm³/mol. The van der Waals surface area contributed by atoms with Crippen LogP contribution in [0.25, 0.3) is 11.3 Å². The zero-order valence-electron chi connectivity index (χ0n) is 12.9. The van der Waals surface area contributed by atoms with Crippen molar-refractivity contribution in [1.29, 1.82) is 0 Å². The van der Waals surface area contributed by atoms with Crippen molar-refractivity contribution in [2.75, 3.05) is 13.1 Å². The van der Waals surface area contributed by atoms with E-state index in [2.05, 4.69) is 10.2 Å². The van der Waals surface area contributed by atoms with E-state index in [1.54, 1.807) is 11.0 Å². The van der Waals surface area contributed by atoms with E-state index in [1.165, 1.54) is 0 Å². The number of aliphatic carboxylic acids is 1. The van der Waals surface area contributed by atoms with Crippen LogP contribution in [0.3, 0.4) is 0 Å². The number of benzene rings is 1. The van der Waals surface area contributed by atoms with Gasteiger partial charge in [0.15, 0.2) is 0 Å². The lowest BCUT2D eigenvalue weighted by Crippen LogP contribution is -2.45. The topological polar surface area (TPSA) is 86.3 Å². The van der Waals surface area contributed by atoms with Crippen LogP contribution in [0.15, 0.2) is 36.4 Å². The molecule has 2 atom stereocenters. The number of likely N-dealkylation sites (tertiary alicyclic amines) is 1. The second kappa shape index (κ2) is 6.24. The lowest BCUT2D eigenvalue weighted by atomic mass is 9.87. The molecule has 2 aromatic rings. The Morgan fingerprint density at radius 2 is 2.04 bits per heavy atom. The number of hydrogen-bond acceptors (Lipinski definition) is 3. The first kappa shape index (κ1) is 15.3. The highest BCUT2D eigenvalue weighted by Crippen LogP contribution is 2.25. The zero-order valence-corrected chi connectivity index (χ0v) is 12.9. The molecule has 3 rings (SSSR count). The van der Waals surface area contributed by atoms with Crippen molar-refractivity contribution in [3.05, 3.63) is 42.1 Å². The molecule has 1 aromatic heterocycles. The fourth-order valence-electron chi connectivity index (χ4n) is 3.06. The van der Waals surface area contributed by atoms with Crippen LogP contribution in [0.4, 0.5) is 0 Å². The molecular formula is C17H19N3O3. The van der Waals surface area contributed by atoms with Crippen LogP contribution in [0.5, 0.6) is 0 Å².